The molecule has 0 aliphatic carbocycles. The van der Waals surface area contributed by atoms with E-state index in [1.807, 2.05) is 6.07 Å². The van der Waals surface area contributed by atoms with E-state index in [0.717, 1.165) is 11.4 Å². The molecular weight excluding hydrogens is 387 g/mol. The van der Waals surface area contributed by atoms with Crippen molar-refractivity contribution in [3.8, 4) is 0 Å². The molecule has 23 heavy (non-hydrogen) atoms. The Labute approximate surface area is 143 Å². The molecule has 0 atom stereocenters. The van der Waals surface area contributed by atoms with E-state index in [9.17, 15) is 13.2 Å². The number of benzene rings is 1. The minimum absolute atomic E-state index is 0.275. The summed E-state index contributed by atoms with van der Waals surface area (Å²) >= 11 is 3.27. The Bertz CT molecular complexity index is 676. The summed E-state index contributed by atoms with van der Waals surface area (Å²) < 4.78 is 46.6. The molecule has 1 heterocycles. The van der Waals surface area contributed by atoms with Gasteiger partial charge in [-0.05, 0) is 29.8 Å². The summed E-state index contributed by atoms with van der Waals surface area (Å²) in [4.78, 5) is 0. The van der Waals surface area contributed by atoms with Crippen LogP contribution in [0.1, 0.15) is 11.1 Å². The molecular formula is C16H21BrF3NOSi. The van der Waals surface area contributed by atoms with E-state index < -0.39 is 19.8 Å². The van der Waals surface area contributed by atoms with Crippen LogP contribution in [-0.2, 0) is 23.0 Å². The lowest BCUT2D eigenvalue weighted by Crippen LogP contribution is -2.22. The van der Waals surface area contributed by atoms with Crippen molar-refractivity contribution in [3.05, 3.63) is 35.5 Å². The highest BCUT2D eigenvalue weighted by Gasteiger charge is 2.31. The molecule has 0 aliphatic heterocycles. The lowest BCUT2D eigenvalue weighted by molar-refractivity contribution is -0.137. The van der Waals surface area contributed by atoms with E-state index in [2.05, 4.69) is 35.6 Å². The summed E-state index contributed by atoms with van der Waals surface area (Å²) in [7, 11) is -1.17. The number of halogens is 4. The van der Waals surface area contributed by atoms with Crippen molar-refractivity contribution in [2.24, 2.45) is 0 Å². The number of rotatable bonds is 6. The van der Waals surface area contributed by atoms with Crippen molar-refractivity contribution < 1.29 is 17.9 Å². The monoisotopic (exact) mass is 407 g/mol. The first-order chi connectivity index (χ1) is 10.6. The highest BCUT2D eigenvalue weighted by Crippen LogP contribution is 2.34. The molecule has 128 valence electrons. The summed E-state index contributed by atoms with van der Waals surface area (Å²) in [5.74, 6) is 0. The predicted octanol–water partition coefficient (Wildman–Crippen LogP) is 5.87. The third-order valence-electron chi connectivity index (χ3n) is 3.67. The van der Waals surface area contributed by atoms with Crippen molar-refractivity contribution >= 4 is 34.9 Å². The maximum atomic E-state index is 13.1. The van der Waals surface area contributed by atoms with Crippen molar-refractivity contribution in [1.82, 2.24) is 4.57 Å². The molecule has 0 saturated carbocycles. The van der Waals surface area contributed by atoms with Gasteiger partial charge >= 0.3 is 6.18 Å². The van der Waals surface area contributed by atoms with Crippen LogP contribution in [0.4, 0.5) is 13.2 Å². The van der Waals surface area contributed by atoms with Crippen molar-refractivity contribution in [3.63, 3.8) is 0 Å². The zero-order valence-corrected chi connectivity index (χ0v) is 16.1. The third kappa shape index (κ3) is 4.84. The van der Waals surface area contributed by atoms with Gasteiger partial charge in [0.05, 0.1) is 11.1 Å². The Morgan fingerprint density at radius 3 is 2.48 bits per heavy atom. The molecule has 0 unspecified atom stereocenters. The summed E-state index contributed by atoms with van der Waals surface area (Å²) in [5, 5.41) is 1.21. The maximum absolute atomic E-state index is 13.1. The SMILES string of the molecule is C[Si](C)(C)CCOCn1ccc2c(CBr)cc(C(F)(F)F)cc21. The van der Waals surface area contributed by atoms with Crippen molar-refractivity contribution in [2.45, 2.75) is 43.9 Å². The average molecular weight is 408 g/mol. The Balaban J connectivity index is 2.24. The number of aromatic nitrogens is 1. The second kappa shape index (κ2) is 6.99. The van der Waals surface area contributed by atoms with Gasteiger partial charge in [-0.3, -0.25) is 0 Å². The Hall–Kier alpha value is -0.793. The van der Waals surface area contributed by atoms with Gasteiger partial charge in [-0.2, -0.15) is 13.2 Å². The Morgan fingerprint density at radius 2 is 1.91 bits per heavy atom. The lowest BCUT2D eigenvalue weighted by Gasteiger charge is -2.16. The van der Waals surface area contributed by atoms with E-state index in [0.29, 0.717) is 23.0 Å². The predicted molar refractivity (Wildman–Crippen MR) is 93.7 cm³/mol. The number of alkyl halides is 4. The minimum atomic E-state index is -4.35. The van der Waals surface area contributed by atoms with Gasteiger partial charge in [0, 0.05) is 31.6 Å². The van der Waals surface area contributed by atoms with Gasteiger partial charge in [0.25, 0.3) is 0 Å². The Kier molecular flexibility index (Phi) is 5.63. The van der Waals surface area contributed by atoms with E-state index in [1.54, 1.807) is 10.8 Å². The molecule has 0 fully saturated rings. The molecule has 1 aromatic heterocycles. The topological polar surface area (TPSA) is 14.2 Å². The van der Waals surface area contributed by atoms with Crippen molar-refractivity contribution in [2.75, 3.05) is 6.61 Å². The summed E-state index contributed by atoms with van der Waals surface area (Å²) in [6, 6.07) is 5.28. The average Bonchev–Trinajstić information content (AvgIpc) is 2.84. The van der Waals surface area contributed by atoms with Gasteiger partial charge in [-0.25, -0.2) is 0 Å². The lowest BCUT2D eigenvalue weighted by atomic mass is 10.1. The summed E-state index contributed by atoms with van der Waals surface area (Å²) in [6.45, 7) is 7.70. The number of hydrogen-bond donors (Lipinski definition) is 0. The van der Waals surface area contributed by atoms with Crippen LogP contribution >= 0.6 is 15.9 Å². The van der Waals surface area contributed by atoms with Gasteiger partial charge in [0.1, 0.15) is 6.73 Å². The van der Waals surface area contributed by atoms with E-state index in [-0.39, 0.29) is 6.73 Å². The second-order valence-electron chi connectivity index (χ2n) is 6.83. The number of ether oxygens (including phenoxy) is 1. The molecule has 0 N–H and O–H groups in total. The van der Waals surface area contributed by atoms with Crippen LogP contribution in [0.25, 0.3) is 10.9 Å². The third-order valence-corrected chi connectivity index (χ3v) is 5.98. The van der Waals surface area contributed by atoms with Gasteiger partial charge in [0.15, 0.2) is 0 Å². The zero-order chi connectivity index (χ0) is 17.3. The molecule has 0 saturated heterocycles. The first kappa shape index (κ1) is 18.5. The van der Waals surface area contributed by atoms with E-state index >= 15 is 0 Å². The molecule has 1 aromatic carbocycles. The molecule has 0 bridgehead atoms. The minimum Gasteiger partial charge on any atom is -0.361 e. The summed E-state index contributed by atoms with van der Waals surface area (Å²) in [6.07, 6.45) is -2.57. The molecule has 2 aromatic rings. The molecule has 2 nitrogen and oxygen atoms in total. The molecule has 0 aliphatic rings. The van der Waals surface area contributed by atoms with Gasteiger partial charge < -0.3 is 9.30 Å². The van der Waals surface area contributed by atoms with Crippen LogP contribution in [0.5, 0.6) is 0 Å². The van der Waals surface area contributed by atoms with E-state index in [1.165, 1.54) is 12.1 Å². The van der Waals surface area contributed by atoms with Crippen LogP contribution in [0, 0.1) is 0 Å². The maximum Gasteiger partial charge on any atom is 0.416 e. The molecule has 0 amide bonds. The summed E-state index contributed by atoms with van der Waals surface area (Å²) in [5.41, 5.74) is 0.569. The smallest absolute Gasteiger partial charge is 0.361 e. The van der Waals surface area contributed by atoms with Gasteiger partial charge in [-0.15, -0.1) is 0 Å². The number of fused-ring (bicyclic) bond motifs is 1. The normalized spacial score (nSPS) is 13.0. The zero-order valence-electron chi connectivity index (χ0n) is 13.5. The number of hydrogen-bond acceptors (Lipinski definition) is 1. The molecule has 0 radical (unpaired) electrons. The second-order valence-corrected chi connectivity index (χ2v) is 13.0. The Morgan fingerprint density at radius 1 is 1.22 bits per heavy atom. The first-order valence-electron chi connectivity index (χ1n) is 7.44. The van der Waals surface area contributed by atoms with Crippen molar-refractivity contribution in [1.29, 1.82) is 0 Å². The molecule has 0 spiro atoms. The van der Waals surface area contributed by atoms with E-state index in [4.69, 9.17) is 4.74 Å². The number of nitrogens with zero attached hydrogens (tertiary/aromatic N) is 1. The fourth-order valence-corrected chi connectivity index (χ4v) is 3.52. The largest absolute Gasteiger partial charge is 0.416 e. The quantitative estimate of drug-likeness (QED) is 0.331. The van der Waals surface area contributed by atoms with Crippen LogP contribution in [-0.4, -0.2) is 19.2 Å². The van der Waals surface area contributed by atoms with Crippen LogP contribution in [0.15, 0.2) is 24.4 Å². The van der Waals surface area contributed by atoms with Crippen LogP contribution in [0.2, 0.25) is 25.7 Å². The highest BCUT2D eigenvalue weighted by atomic mass is 79.9. The van der Waals surface area contributed by atoms with Crippen LogP contribution in [0.3, 0.4) is 0 Å². The fraction of sp³-hybridized carbons (Fsp3) is 0.500. The van der Waals surface area contributed by atoms with Gasteiger partial charge in [-0.1, -0.05) is 35.6 Å². The molecule has 7 heteroatoms. The standard InChI is InChI=1S/C16H21BrF3NOSi/c1-23(2,3)7-6-22-11-21-5-4-14-12(10-17)8-13(9-15(14)21)16(18,19)20/h4-5,8-9H,6-7,10-11H2,1-3H3. The highest BCUT2D eigenvalue weighted by molar-refractivity contribution is 9.08. The first-order valence-corrected chi connectivity index (χ1v) is 12.3. The van der Waals surface area contributed by atoms with Gasteiger partial charge in [0.2, 0.25) is 0 Å². The fourth-order valence-electron chi connectivity index (χ4n) is 2.30. The van der Waals surface area contributed by atoms with Crippen LogP contribution < -0.4 is 0 Å². The molecule has 2 rings (SSSR count).